The summed E-state index contributed by atoms with van der Waals surface area (Å²) in [7, 11) is 0. The first-order valence-corrected chi connectivity index (χ1v) is 13.5. The molecule has 0 saturated carbocycles. The molecule has 2 aromatic carbocycles. The lowest BCUT2D eigenvalue weighted by Crippen LogP contribution is -2.27. The molecule has 0 amide bonds. The Morgan fingerprint density at radius 2 is 1.97 bits per heavy atom. The van der Waals surface area contributed by atoms with Gasteiger partial charge >= 0.3 is 0 Å². The monoisotopic (exact) mass is 489 g/mol. The number of aromatic nitrogens is 3. The van der Waals surface area contributed by atoms with Crippen molar-refractivity contribution in [1.29, 1.82) is 0 Å². The van der Waals surface area contributed by atoms with Crippen molar-refractivity contribution in [3.05, 3.63) is 71.3 Å². The first kappa shape index (κ1) is 23.7. The van der Waals surface area contributed by atoms with Gasteiger partial charge in [0.05, 0.1) is 10.6 Å². The second kappa shape index (κ2) is 10.3. The summed E-state index contributed by atoms with van der Waals surface area (Å²) in [4.78, 5) is 16.9. The zero-order valence-corrected chi connectivity index (χ0v) is 21.4. The van der Waals surface area contributed by atoms with E-state index in [2.05, 4.69) is 48.1 Å². The summed E-state index contributed by atoms with van der Waals surface area (Å²) in [6.45, 7) is 8.20. The van der Waals surface area contributed by atoms with Gasteiger partial charge in [-0.2, -0.15) is 4.98 Å². The van der Waals surface area contributed by atoms with Gasteiger partial charge in [0.1, 0.15) is 11.6 Å². The minimum Gasteiger partial charge on any atom is -0.358 e. The van der Waals surface area contributed by atoms with Crippen LogP contribution in [0.5, 0.6) is 0 Å². The summed E-state index contributed by atoms with van der Waals surface area (Å²) in [5.41, 5.74) is 5.60. The standard InChI is InChI=1S/C28H32FN5S/c1-4-22-25(21-17-19(29)11-12-23(21)31-22)18(3)13-15-34(5-2)28-32-24-14-16-35-26(24)27(33-28)30-20-9-7-6-8-10-20/h6-12,17-18,31H,4-5,13-16H2,1-3H3,(H,30,32,33). The Morgan fingerprint density at radius 1 is 1.14 bits per heavy atom. The van der Waals surface area contributed by atoms with Crippen molar-refractivity contribution in [2.45, 2.75) is 50.8 Å². The molecule has 7 heteroatoms. The normalized spacial score (nSPS) is 13.7. The number of fused-ring (bicyclic) bond motifs is 2. The van der Waals surface area contributed by atoms with Crippen LogP contribution in [-0.2, 0) is 12.8 Å². The zero-order chi connectivity index (χ0) is 24.4. The van der Waals surface area contributed by atoms with E-state index in [-0.39, 0.29) is 11.7 Å². The van der Waals surface area contributed by atoms with Crippen molar-refractivity contribution in [3.8, 4) is 0 Å². The molecule has 1 atom stereocenters. The average molecular weight is 490 g/mol. The maximum Gasteiger partial charge on any atom is 0.227 e. The Hall–Kier alpha value is -3.06. The van der Waals surface area contributed by atoms with E-state index in [0.717, 1.165) is 77.1 Å². The number of benzene rings is 2. The third-order valence-corrected chi connectivity index (χ3v) is 7.90. The average Bonchev–Trinajstić information content (AvgIpc) is 3.49. The molecule has 3 heterocycles. The summed E-state index contributed by atoms with van der Waals surface area (Å²) in [6.07, 6.45) is 2.79. The van der Waals surface area contributed by atoms with Crippen LogP contribution in [0.2, 0.25) is 0 Å². The zero-order valence-electron chi connectivity index (χ0n) is 20.6. The predicted molar refractivity (Wildman–Crippen MR) is 145 cm³/mol. The fourth-order valence-electron chi connectivity index (χ4n) is 4.91. The van der Waals surface area contributed by atoms with Crippen LogP contribution < -0.4 is 10.2 Å². The van der Waals surface area contributed by atoms with Crippen LogP contribution in [0.15, 0.2) is 53.4 Å². The van der Waals surface area contributed by atoms with Crippen molar-refractivity contribution in [2.24, 2.45) is 0 Å². The maximum atomic E-state index is 14.0. The van der Waals surface area contributed by atoms with Crippen molar-refractivity contribution in [1.82, 2.24) is 15.0 Å². The number of aryl methyl sites for hydroxylation is 2. The molecule has 5 nitrogen and oxygen atoms in total. The Bertz CT molecular complexity index is 1320. The fraction of sp³-hybridized carbons (Fsp3) is 0.357. The largest absolute Gasteiger partial charge is 0.358 e. The molecule has 5 rings (SSSR count). The number of nitrogens with one attached hydrogen (secondary N) is 2. The number of hydrogen-bond acceptors (Lipinski definition) is 5. The summed E-state index contributed by atoms with van der Waals surface area (Å²) >= 11 is 1.82. The maximum absolute atomic E-state index is 14.0. The number of aromatic amines is 1. The highest BCUT2D eigenvalue weighted by Crippen LogP contribution is 2.38. The number of para-hydroxylation sites is 1. The van der Waals surface area contributed by atoms with Gasteiger partial charge in [-0.1, -0.05) is 32.0 Å². The lowest BCUT2D eigenvalue weighted by Gasteiger charge is -2.24. The molecule has 2 N–H and O–H groups in total. The molecule has 0 fully saturated rings. The van der Waals surface area contributed by atoms with Gasteiger partial charge in [-0.25, -0.2) is 9.37 Å². The van der Waals surface area contributed by atoms with Crippen LogP contribution in [0.3, 0.4) is 0 Å². The number of thioether (sulfide) groups is 1. The second-order valence-corrected chi connectivity index (χ2v) is 10.2. The van der Waals surface area contributed by atoms with E-state index in [1.807, 2.05) is 36.0 Å². The van der Waals surface area contributed by atoms with E-state index in [9.17, 15) is 4.39 Å². The van der Waals surface area contributed by atoms with E-state index in [1.54, 1.807) is 6.07 Å². The summed E-state index contributed by atoms with van der Waals surface area (Å²) in [6, 6.07) is 15.2. The van der Waals surface area contributed by atoms with Crippen LogP contribution in [0.25, 0.3) is 10.9 Å². The van der Waals surface area contributed by atoms with Crippen LogP contribution in [0, 0.1) is 5.82 Å². The smallest absolute Gasteiger partial charge is 0.227 e. The van der Waals surface area contributed by atoms with Crippen molar-refractivity contribution in [2.75, 3.05) is 29.1 Å². The summed E-state index contributed by atoms with van der Waals surface area (Å²) < 4.78 is 14.0. The highest BCUT2D eigenvalue weighted by Gasteiger charge is 2.23. The van der Waals surface area contributed by atoms with Gasteiger partial charge in [0.25, 0.3) is 0 Å². The number of halogens is 1. The molecule has 4 aromatic rings. The van der Waals surface area contributed by atoms with Gasteiger partial charge in [0.15, 0.2) is 0 Å². The lowest BCUT2D eigenvalue weighted by atomic mass is 9.93. The van der Waals surface area contributed by atoms with Gasteiger partial charge in [0, 0.05) is 47.5 Å². The van der Waals surface area contributed by atoms with E-state index in [1.165, 1.54) is 17.3 Å². The lowest BCUT2D eigenvalue weighted by molar-refractivity contribution is 0.628. The number of anilines is 3. The molecule has 0 aliphatic carbocycles. The molecule has 2 aromatic heterocycles. The van der Waals surface area contributed by atoms with Crippen LogP contribution >= 0.6 is 11.8 Å². The topological polar surface area (TPSA) is 56.8 Å². The highest BCUT2D eigenvalue weighted by molar-refractivity contribution is 7.99. The van der Waals surface area contributed by atoms with Crippen LogP contribution in [0.1, 0.15) is 50.1 Å². The molecule has 35 heavy (non-hydrogen) atoms. The van der Waals surface area contributed by atoms with Crippen LogP contribution in [0.4, 0.5) is 21.8 Å². The summed E-state index contributed by atoms with van der Waals surface area (Å²) in [5, 5.41) is 4.51. The van der Waals surface area contributed by atoms with Crippen molar-refractivity contribution in [3.63, 3.8) is 0 Å². The van der Waals surface area contributed by atoms with Gasteiger partial charge in [-0.05, 0) is 61.6 Å². The minimum absolute atomic E-state index is 0.189. The molecule has 1 aliphatic rings. The predicted octanol–water partition coefficient (Wildman–Crippen LogP) is 7.07. The van der Waals surface area contributed by atoms with E-state index < -0.39 is 0 Å². The Kier molecular flexibility index (Phi) is 6.95. The Morgan fingerprint density at radius 3 is 2.74 bits per heavy atom. The number of rotatable bonds is 9. The quantitative estimate of drug-likeness (QED) is 0.263. The molecule has 182 valence electrons. The van der Waals surface area contributed by atoms with Crippen molar-refractivity contribution < 1.29 is 4.39 Å². The van der Waals surface area contributed by atoms with Gasteiger partial charge < -0.3 is 15.2 Å². The molecule has 0 saturated heterocycles. The minimum atomic E-state index is -0.189. The number of nitrogens with zero attached hydrogens (tertiary/aromatic N) is 3. The number of hydrogen-bond donors (Lipinski definition) is 2. The van der Waals surface area contributed by atoms with Gasteiger partial charge in [-0.3, -0.25) is 0 Å². The van der Waals surface area contributed by atoms with E-state index in [4.69, 9.17) is 9.97 Å². The van der Waals surface area contributed by atoms with Gasteiger partial charge in [0.2, 0.25) is 5.95 Å². The molecule has 0 radical (unpaired) electrons. The van der Waals surface area contributed by atoms with Crippen molar-refractivity contribution >= 4 is 40.1 Å². The third-order valence-electron chi connectivity index (χ3n) is 6.77. The number of H-pyrrole nitrogens is 1. The second-order valence-electron chi connectivity index (χ2n) is 9.07. The molecular weight excluding hydrogens is 457 g/mol. The fourth-order valence-corrected chi connectivity index (χ4v) is 5.96. The SMILES string of the molecule is CCc1[nH]c2ccc(F)cc2c1C(C)CCN(CC)c1nc2c(c(Nc3ccccc3)n1)SCC2. The molecule has 1 aliphatic heterocycles. The van der Waals surface area contributed by atoms with E-state index in [0.29, 0.717) is 0 Å². The van der Waals surface area contributed by atoms with Gasteiger partial charge in [-0.15, -0.1) is 11.8 Å². The Labute approximate surface area is 210 Å². The van der Waals surface area contributed by atoms with Crippen LogP contribution in [-0.4, -0.2) is 33.8 Å². The highest BCUT2D eigenvalue weighted by atomic mass is 32.2. The molecular formula is C28H32FN5S. The third kappa shape index (κ3) is 4.87. The molecule has 0 bridgehead atoms. The first-order valence-electron chi connectivity index (χ1n) is 12.5. The molecule has 0 spiro atoms. The first-order chi connectivity index (χ1) is 17.1. The summed E-state index contributed by atoms with van der Waals surface area (Å²) in [5.74, 6) is 2.80. The van der Waals surface area contributed by atoms with E-state index >= 15 is 0 Å². The Balaban J connectivity index is 1.39. The molecule has 1 unspecified atom stereocenters.